The summed E-state index contributed by atoms with van der Waals surface area (Å²) >= 11 is 11.4. The van der Waals surface area contributed by atoms with Crippen molar-refractivity contribution in [3.8, 4) is 0 Å². The van der Waals surface area contributed by atoms with Crippen molar-refractivity contribution in [3.05, 3.63) is 77.8 Å². The fourth-order valence-corrected chi connectivity index (χ4v) is 10.1. The lowest BCUT2D eigenvalue weighted by molar-refractivity contribution is -0.154. The Kier molecular flexibility index (Phi) is 8.15. The van der Waals surface area contributed by atoms with Gasteiger partial charge in [0.1, 0.15) is 6.04 Å². The highest BCUT2D eigenvalue weighted by Gasteiger charge is 2.76. The summed E-state index contributed by atoms with van der Waals surface area (Å²) in [6.45, 7) is 5.63. The van der Waals surface area contributed by atoms with Crippen molar-refractivity contribution in [2.24, 2.45) is 11.8 Å². The third kappa shape index (κ3) is 4.61. The number of amides is 2. The van der Waals surface area contributed by atoms with E-state index in [1.54, 1.807) is 42.2 Å². The first kappa shape index (κ1) is 28.2. The monoisotopic (exact) mass is 632 g/mol. The number of carbonyl (C=O) groups is 3. The number of aliphatic hydroxyl groups excluding tert-OH is 1. The van der Waals surface area contributed by atoms with E-state index in [-0.39, 0.29) is 41.6 Å². The van der Waals surface area contributed by atoms with Gasteiger partial charge in [0.15, 0.2) is 0 Å². The van der Waals surface area contributed by atoms with E-state index in [1.807, 2.05) is 30.3 Å². The Balaban J connectivity index is 1.66. The quantitative estimate of drug-likeness (QED) is 0.247. The maximum absolute atomic E-state index is 14.7. The third-order valence-corrected chi connectivity index (χ3v) is 11.4. The fraction of sp³-hybridized carbons (Fsp3) is 0.414. The molecule has 0 aliphatic carbocycles. The number of nitrogens with zero attached hydrogens (tertiary/aromatic N) is 2. The van der Waals surface area contributed by atoms with Crippen LogP contribution in [0.5, 0.6) is 0 Å². The van der Waals surface area contributed by atoms with Crippen molar-refractivity contribution in [3.63, 3.8) is 0 Å². The summed E-state index contributed by atoms with van der Waals surface area (Å²) in [4.78, 5) is 45.4. The second-order valence-electron chi connectivity index (χ2n) is 9.98. The number of benzene rings is 2. The zero-order valence-electron chi connectivity index (χ0n) is 21.4. The van der Waals surface area contributed by atoms with E-state index in [0.29, 0.717) is 22.7 Å². The van der Waals surface area contributed by atoms with Gasteiger partial charge >= 0.3 is 5.97 Å². The van der Waals surface area contributed by atoms with Gasteiger partial charge in [0, 0.05) is 27.3 Å². The van der Waals surface area contributed by atoms with Crippen molar-refractivity contribution >= 4 is 62.8 Å². The number of hydrogen-bond acceptors (Lipinski definition) is 6. The van der Waals surface area contributed by atoms with E-state index in [1.165, 1.54) is 16.7 Å². The highest BCUT2D eigenvalue weighted by atomic mass is 79.9. The Morgan fingerprint density at radius 1 is 1.28 bits per heavy atom. The maximum Gasteiger partial charge on any atom is 0.310 e. The van der Waals surface area contributed by atoms with Gasteiger partial charge in [-0.1, -0.05) is 63.9 Å². The summed E-state index contributed by atoms with van der Waals surface area (Å²) in [5.41, 5.74) is 1.33. The van der Waals surface area contributed by atoms with Gasteiger partial charge in [-0.15, -0.1) is 18.3 Å². The number of fused-ring (bicyclic) bond motifs is 1. The molecular formula is C29H30BrClN2O5S. The average molecular weight is 634 g/mol. The topological polar surface area (TPSA) is 87.2 Å². The van der Waals surface area contributed by atoms with Crippen molar-refractivity contribution in [2.45, 2.75) is 40.3 Å². The van der Waals surface area contributed by atoms with Gasteiger partial charge < -0.3 is 19.6 Å². The second kappa shape index (κ2) is 11.3. The molecule has 2 bridgehead atoms. The summed E-state index contributed by atoms with van der Waals surface area (Å²) in [6.07, 6.45) is 2.16. The lowest BCUT2D eigenvalue weighted by Crippen LogP contribution is -2.56. The van der Waals surface area contributed by atoms with E-state index in [9.17, 15) is 19.5 Å². The molecule has 3 unspecified atom stereocenters. The number of ether oxygens (including phenoxy) is 1. The number of esters is 1. The molecule has 2 amide bonds. The van der Waals surface area contributed by atoms with Crippen LogP contribution in [0.1, 0.15) is 24.9 Å². The second-order valence-corrected chi connectivity index (χ2v) is 13.1. The molecule has 1 spiro atoms. The van der Waals surface area contributed by atoms with E-state index in [2.05, 4.69) is 22.5 Å². The van der Waals surface area contributed by atoms with E-state index in [0.717, 1.165) is 0 Å². The summed E-state index contributed by atoms with van der Waals surface area (Å²) in [6, 6.07) is 14.4. The maximum atomic E-state index is 14.7. The van der Waals surface area contributed by atoms with Crippen LogP contribution in [0, 0.1) is 11.8 Å². The molecule has 3 aliphatic rings. The normalized spacial score (nSPS) is 29.7. The molecule has 3 heterocycles. The largest absolute Gasteiger partial charge is 0.466 e. The van der Waals surface area contributed by atoms with Crippen LogP contribution in [-0.4, -0.2) is 68.4 Å². The fourth-order valence-electron chi connectivity index (χ4n) is 6.44. The Morgan fingerprint density at radius 2 is 1.97 bits per heavy atom. The molecule has 10 heteroatoms. The van der Waals surface area contributed by atoms with Crippen LogP contribution in [0.4, 0.5) is 5.69 Å². The number of aliphatic hydroxyl groups is 1. The van der Waals surface area contributed by atoms with Gasteiger partial charge in [0.05, 0.1) is 35.8 Å². The molecule has 0 aromatic heterocycles. The van der Waals surface area contributed by atoms with Gasteiger partial charge in [0.2, 0.25) is 5.91 Å². The van der Waals surface area contributed by atoms with Crippen LogP contribution in [0.3, 0.4) is 0 Å². The molecule has 3 aliphatic heterocycles. The van der Waals surface area contributed by atoms with Crippen LogP contribution < -0.4 is 4.90 Å². The Morgan fingerprint density at radius 3 is 2.59 bits per heavy atom. The first-order chi connectivity index (χ1) is 18.8. The smallest absolute Gasteiger partial charge is 0.310 e. The zero-order valence-corrected chi connectivity index (χ0v) is 24.6. The average Bonchev–Trinajstić information content (AvgIpc) is 3.52. The molecule has 3 saturated heterocycles. The van der Waals surface area contributed by atoms with Gasteiger partial charge in [0.25, 0.3) is 5.91 Å². The number of anilines is 1. The van der Waals surface area contributed by atoms with Crippen LogP contribution in [-0.2, 0) is 19.1 Å². The van der Waals surface area contributed by atoms with E-state index in [4.69, 9.17) is 16.3 Å². The standard InChI is InChI=1S/C29H30BrClN2O5S/c1-3-14-32(19-12-10-18(31)11-13-19)27(36)25-29-15-20(30)24(39-29)22(28(37)38-4-2)23(29)26(35)33(25)21(16-34)17-8-6-5-7-9-17/h3,5-13,20-25,34H,1,4,14-16H2,2H3/t20?,21-,22-,23+,24-,25?,29?/m1/s1. The van der Waals surface area contributed by atoms with Crippen molar-refractivity contribution in [1.29, 1.82) is 0 Å². The number of rotatable bonds is 9. The molecule has 5 rings (SSSR count). The van der Waals surface area contributed by atoms with E-state index >= 15 is 0 Å². The van der Waals surface area contributed by atoms with Crippen molar-refractivity contribution in [1.82, 2.24) is 4.90 Å². The predicted molar refractivity (Wildman–Crippen MR) is 156 cm³/mol. The molecule has 2 aromatic rings. The minimum atomic E-state index is -0.933. The molecule has 3 fully saturated rings. The van der Waals surface area contributed by atoms with Crippen molar-refractivity contribution in [2.75, 3.05) is 24.7 Å². The Hall–Kier alpha value is -2.33. The number of likely N-dealkylation sites (tertiary alicyclic amines) is 1. The lowest BCUT2D eigenvalue weighted by Gasteiger charge is -2.40. The Bertz CT molecular complexity index is 1260. The van der Waals surface area contributed by atoms with Gasteiger partial charge in [-0.3, -0.25) is 14.4 Å². The molecule has 0 saturated carbocycles. The van der Waals surface area contributed by atoms with Gasteiger partial charge in [-0.2, -0.15) is 0 Å². The van der Waals surface area contributed by atoms with Crippen molar-refractivity contribution < 1.29 is 24.2 Å². The molecule has 206 valence electrons. The van der Waals surface area contributed by atoms with Crippen LogP contribution in [0.15, 0.2) is 67.3 Å². The molecule has 1 N–H and O–H groups in total. The van der Waals surface area contributed by atoms with Gasteiger partial charge in [-0.05, 0) is 43.2 Å². The van der Waals surface area contributed by atoms with Crippen LogP contribution in [0.2, 0.25) is 5.02 Å². The number of carbonyl (C=O) groups excluding carboxylic acids is 3. The van der Waals surface area contributed by atoms with Crippen LogP contribution in [0.25, 0.3) is 0 Å². The van der Waals surface area contributed by atoms with Gasteiger partial charge in [-0.25, -0.2) is 0 Å². The number of thioether (sulfide) groups is 1. The summed E-state index contributed by atoms with van der Waals surface area (Å²) in [7, 11) is 0. The minimum absolute atomic E-state index is 0.0797. The lowest BCUT2D eigenvalue weighted by atomic mass is 9.71. The summed E-state index contributed by atoms with van der Waals surface area (Å²) < 4.78 is 4.56. The van der Waals surface area contributed by atoms with Crippen LogP contribution >= 0.6 is 39.3 Å². The molecule has 39 heavy (non-hydrogen) atoms. The summed E-state index contributed by atoms with van der Waals surface area (Å²) in [5, 5.41) is 11.0. The summed E-state index contributed by atoms with van der Waals surface area (Å²) in [5.74, 6) is -2.46. The highest BCUT2D eigenvalue weighted by Crippen LogP contribution is 2.68. The molecule has 7 nitrogen and oxygen atoms in total. The minimum Gasteiger partial charge on any atom is -0.466 e. The molecule has 7 atom stereocenters. The SMILES string of the molecule is C=CCN(C(=O)C1N([C@H](CO)c2ccccc2)C(=O)[C@@H]2[C@@H](C(=O)OCC)[C@@H]3SC12CC3Br)c1ccc(Cl)cc1. The molecular weight excluding hydrogens is 604 g/mol. The first-order valence-corrected chi connectivity index (χ1v) is 15.1. The highest BCUT2D eigenvalue weighted by molar-refractivity contribution is 9.09. The number of alkyl halides is 1. The number of halogens is 2. The van der Waals surface area contributed by atoms with E-state index < -0.39 is 34.6 Å². The first-order valence-electron chi connectivity index (χ1n) is 12.9. The number of hydrogen-bond donors (Lipinski definition) is 1. The molecule has 2 aromatic carbocycles. The Labute approximate surface area is 245 Å². The zero-order chi connectivity index (χ0) is 27.9. The third-order valence-electron chi connectivity index (χ3n) is 7.93. The molecule has 0 radical (unpaired) electrons. The predicted octanol–water partition coefficient (Wildman–Crippen LogP) is 4.62.